The zero-order valence-corrected chi connectivity index (χ0v) is 10.0. The monoisotopic (exact) mass is 250 g/mol. The van der Waals surface area contributed by atoms with Crippen molar-refractivity contribution < 1.29 is 9.31 Å². The van der Waals surface area contributed by atoms with Gasteiger partial charge in [-0.3, -0.25) is 15.0 Å². The number of nitrogens with zero attached hydrogens (tertiary/aromatic N) is 2. The Morgan fingerprint density at radius 2 is 2.28 bits per heavy atom. The first-order valence-electron chi connectivity index (χ1n) is 6.31. The Morgan fingerprint density at radius 3 is 2.89 bits per heavy atom. The van der Waals surface area contributed by atoms with Crippen LogP contribution in [0.25, 0.3) is 0 Å². The van der Waals surface area contributed by atoms with Crippen molar-refractivity contribution in [2.75, 3.05) is 6.54 Å². The Bertz CT molecular complexity index is 492. The molecule has 2 bridgehead atoms. The molecule has 96 valence electrons. The van der Waals surface area contributed by atoms with Crippen LogP contribution in [-0.4, -0.2) is 22.4 Å². The zero-order chi connectivity index (χ0) is 12.7. The van der Waals surface area contributed by atoms with Crippen LogP contribution in [-0.2, 0) is 6.54 Å². The fraction of sp³-hybridized carbons (Fsp3) is 0.538. The predicted molar refractivity (Wildman–Crippen MR) is 64.6 cm³/mol. The van der Waals surface area contributed by atoms with Crippen molar-refractivity contribution in [1.29, 1.82) is 0 Å². The molecule has 1 saturated carbocycles. The third kappa shape index (κ3) is 1.88. The van der Waals surface area contributed by atoms with Crippen LogP contribution in [0.4, 0.5) is 10.1 Å². The van der Waals surface area contributed by atoms with Gasteiger partial charge in [-0.1, -0.05) is 12.1 Å². The molecule has 1 aliphatic carbocycles. The first-order chi connectivity index (χ1) is 8.65. The molecular weight excluding hydrogens is 235 g/mol. The summed E-state index contributed by atoms with van der Waals surface area (Å²) in [5.41, 5.74) is 0.0219. The lowest BCUT2D eigenvalue weighted by Gasteiger charge is -2.26. The molecule has 0 N–H and O–H groups in total. The fourth-order valence-corrected chi connectivity index (χ4v) is 3.27. The average molecular weight is 250 g/mol. The lowest BCUT2D eigenvalue weighted by atomic mass is 10.1. The maximum absolute atomic E-state index is 14.0. The first kappa shape index (κ1) is 11.6. The molecule has 2 unspecified atom stereocenters. The summed E-state index contributed by atoms with van der Waals surface area (Å²) in [6, 6.07) is 4.97. The van der Waals surface area contributed by atoms with Crippen LogP contribution in [0, 0.1) is 21.8 Å². The summed E-state index contributed by atoms with van der Waals surface area (Å²) in [6.07, 6.45) is 3.66. The number of nitro groups is 1. The molecule has 0 aromatic heterocycles. The van der Waals surface area contributed by atoms with Gasteiger partial charge in [0.25, 0.3) is 0 Å². The Labute approximate surface area is 105 Å². The molecule has 1 aromatic carbocycles. The average Bonchev–Trinajstić information content (AvgIpc) is 2.93. The second-order valence-corrected chi connectivity index (χ2v) is 5.27. The molecule has 1 aliphatic heterocycles. The number of hydrogen-bond donors (Lipinski definition) is 0. The van der Waals surface area contributed by atoms with E-state index in [0.29, 0.717) is 18.2 Å². The van der Waals surface area contributed by atoms with E-state index >= 15 is 0 Å². The molecule has 2 atom stereocenters. The number of nitro benzene ring substituents is 1. The highest BCUT2D eigenvalue weighted by molar-refractivity contribution is 5.36. The predicted octanol–water partition coefficient (Wildman–Crippen LogP) is 2.72. The lowest BCUT2D eigenvalue weighted by Crippen LogP contribution is -2.31. The largest absolute Gasteiger partial charge is 0.305 e. The normalized spacial score (nSPS) is 26.7. The molecular formula is C13H15FN2O2. The van der Waals surface area contributed by atoms with Gasteiger partial charge in [-0.15, -0.1) is 0 Å². The topological polar surface area (TPSA) is 46.4 Å². The smallest absolute Gasteiger partial charge is 0.296 e. The Morgan fingerprint density at radius 1 is 1.44 bits per heavy atom. The van der Waals surface area contributed by atoms with Gasteiger partial charge >= 0.3 is 5.69 Å². The van der Waals surface area contributed by atoms with Crippen molar-refractivity contribution in [3.05, 3.63) is 39.7 Å². The minimum Gasteiger partial charge on any atom is -0.296 e. The molecule has 3 rings (SSSR count). The highest BCUT2D eigenvalue weighted by Crippen LogP contribution is 2.38. The first-order valence-corrected chi connectivity index (χ1v) is 6.31. The van der Waals surface area contributed by atoms with E-state index in [4.69, 9.17) is 0 Å². The van der Waals surface area contributed by atoms with E-state index in [2.05, 4.69) is 4.90 Å². The van der Waals surface area contributed by atoms with Gasteiger partial charge < -0.3 is 0 Å². The van der Waals surface area contributed by atoms with Gasteiger partial charge in [-0.05, 0) is 25.2 Å². The third-order valence-corrected chi connectivity index (χ3v) is 4.15. The van der Waals surface area contributed by atoms with Gasteiger partial charge in [0.2, 0.25) is 5.82 Å². The molecule has 2 fully saturated rings. The summed E-state index contributed by atoms with van der Waals surface area (Å²) in [6.45, 7) is 1.50. The highest BCUT2D eigenvalue weighted by atomic mass is 19.1. The third-order valence-electron chi connectivity index (χ3n) is 4.15. The number of hydrogen-bond acceptors (Lipinski definition) is 3. The molecule has 18 heavy (non-hydrogen) atoms. The van der Waals surface area contributed by atoms with Crippen LogP contribution in [0.5, 0.6) is 0 Å². The van der Waals surface area contributed by atoms with Gasteiger partial charge in [-0.2, -0.15) is 4.39 Å². The Balaban J connectivity index is 1.81. The molecule has 0 spiro atoms. The van der Waals surface area contributed by atoms with E-state index in [9.17, 15) is 14.5 Å². The molecule has 1 heterocycles. The number of halogens is 1. The summed E-state index contributed by atoms with van der Waals surface area (Å²) in [4.78, 5) is 12.3. The summed E-state index contributed by atoms with van der Waals surface area (Å²) in [5, 5.41) is 10.7. The van der Waals surface area contributed by atoms with Crippen LogP contribution in [0.15, 0.2) is 18.2 Å². The summed E-state index contributed by atoms with van der Waals surface area (Å²) >= 11 is 0. The zero-order valence-electron chi connectivity index (χ0n) is 10.0. The Hall–Kier alpha value is -1.49. The molecule has 0 radical (unpaired) electrons. The number of benzene rings is 1. The second-order valence-electron chi connectivity index (χ2n) is 5.27. The molecule has 5 heteroatoms. The molecule has 0 amide bonds. The maximum atomic E-state index is 14.0. The number of rotatable bonds is 3. The minimum atomic E-state index is -0.676. The van der Waals surface area contributed by atoms with Gasteiger partial charge in [0, 0.05) is 30.8 Å². The van der Waals surface area contributed by atoms with Gasteiger partial charge in [0.1, 0.15) is 0 Å². The molecule has 1 aromatic rings. The number of fused-ring (bicyclic) bond motifs is 2. The number of piperidine rings is 1. The molecule has 2 aliphatic rings. The van der Waals surface area contributed by atoms with Crippen LogP contribution in [0.3, 0.4) is 0 Å². The van der Waals surface area contributed by atoms with Crippen LogP contribution in [0.2, 0.25) is 0 Å². The van der Waals surface area contributed by atoms with E-state index in [1.165, 1.54) is 25.3 Å². The van der Waals surface area contributed by atoms with Crippen LogP contribution in [0.1, 0.15) is 24.8 Å². The van der Waals surface area contributed by atoms with E-state index in [-0.39, 0.29) is 0 Å². The standard InChI is InChI=1S/C13H15FN2O2/c14-13-10(2-1-3-12(13)16(17)18)8-15-7-9-4-5-11(15)6-9/h1-3,9,11H,4-8H2. The van der Waals surface area contributed by atoms with Crippen molar-refractivity contribution in [1.82, 2.24) is 4.90 Å². The molecule has 4 nitrogen and oxygen atoms in total. The summed E-state index contributed by atoms with van der Waals surface area (Å²) in [7, 11) is 0. The Kier molecular flexibility index (Phi) is 2.78. The van der Waals surface area contributed by atoms with E-state index in [0.717, 1.165) is 12.5 Å². The summed E-state index contributed by atoms with van der Waals surface area (Å²) in [5.74, 6) is 0.0713. The lowest BCUT2D eigenvalue weighted by molar-refractivity contribution is -0.387. The second kappa shape index (κ2) is 4.31. The van der Waals surface area contributed by atoms with Crippen molar-refractivity contribution in [2.45, 2.75) is 31.8 Å². The van der Waals surface area contributed by atoms with Gasteiger partial charge in [0.05, 0.1) is 4.92 Å². The van der Waals surface area contributed by atoms with Crippen molar-refractivity contribution in [3.63, 3.8) is 0 Å². The van der Waals surface area contributed by atoms with Crippen molar-refractivity contribution >= 4 is 5.69 Å². The summed E-state index contributed by atoms with van der Waals surface area (Å²) < 4.78 is 14.0. The van der Waals surface area contributed by atoms with Crippen LogP contribution < -0.4 is 0 Å². The fourth-order valence-electron chi connectivity index (χ4n) is 3.27. The minimum absolute atomic E-state index is 0.420. The SMILES string of the molecule is O=[N+]([O-])c1cccc(CN2CC3CCC2C3)c1F. The quantitative estimate of drug-likeness (QED) is 0.612. The van der Waals surface area contributed by atoms with E-state index < -0.39 is 16.4 Å². The van der Waals surface area contributed by atoms with Crippen LogP contribution >= 0.6 is 0 Å². The number of likely N-dealkylation sites (tertiary alicyclic amines) is 1. The van der Waals surface area contributed by atoms with Gasteiger partial charge in [0.15, 0.2) is 0 Å². The highest BCUT2D eigenvalue weighted by Gasteiger charge is 2.38. The molecule has 1 saturated heterocycles. The van der Waals surface area contributed by atoms with Crippen molar-refractivity contribution in [2.24, 2.45) is 5.92 Å². The van der Waals surface area contributed by atoms with E-state index in [1.54, 1.807) is 12.1 Å². The van der Waals surface area contributed by atoms with Crippen molar-refractivity contribution in [3.8, 4) is 0 Å². The van der Waals surface area contributed by atoms with Gasteiger partial charge in [-0.25, -0.2) is 0 Å². The maximum Gasteiger partial charge on any atom is 0.305 e. The van der Waals surface area contributed by atoms with E-state index in [1.807, 2.05) is 0 Å².